The molecule has 37 heavy (non-hydrogen) atoms. The number of aromatic nitrogens is 3. The summed E-state index contributed by atoms with van der Waals surface area (Å²) in [6, 6.07) is 15.6. The molecule has 1 fully saturated rings. The quantitative estimate of drug-likeness (QED) is 0.376. The summed E-state index contributed by atoms with van der Waals surface area (Å²) in [5.41, 5.74) is 2.03. The normalized spacial score (nSPS) is 15.7. The molecule has 11 heteroatoms. The Morgan fingerprint density at radius 3 is 2.76 bits per heavy atom. The van der Waals surface area contributed by atoms with Crippen molar-refractivity contribution in [3.8, 4) is 11.4 Å². The molecule has 2 aromatic carbocycles. The van der Waals surface area contributed by atoms with E-state index in [-0.39, 0.29) is 22.4 Å². The average Bonchev–Trinajstić information content (AvgIpc) is 3.60. The van der Waals surface area contributed by atoms with E-state index in [0.717, 1.165) is 36.1 Å². The van der Waals surface area contributed by atoms with Crippen molar-refractivity contribution >= 4 is 32.5 Å². The number of hydrogen-bond acceptors (Lipinski definition) is 8. The molecule has 10 nitrogen and oxygen atoms in total. The minimum Gasteiger partial charge on any atom is -0.495 e. The zero-order valence-electron chi connectivity index (χ0n) is 20.5. The number of amides is 1. The second-order valence-corrected chi connectivity index (χ2v) is 10.4. The van der Waals surface area contributed by atoms with Crippen LogP contribution in [0.5, 0.6) is 5.75 Å². The van der Waals surface area contributed by atoms with Gasteiger partial charge in [-0.3, -0.25) is 4.79 Å². The van der Waals surface area contributed by atoms with Gasteiger partial charge in [0.05, 0.1) is 31.0 Å². The van der Waals surface area contributed by atoms with Crippen LogP contribution in [0, 0.1) is 0 Å². The van der Waals surface area contributed by atoms with Crippen molar-refractivity contribution in [1.82, 2.24) is 19.5 Å². The summed E-state index contributed by atoms with van der Waals surface area (Å²) in [6.07, 6.45) is 5.41. The van der Waals surface area contributed by atoms with E-state index in [9.17, 15) is 13.2 Å². The fraction of sp³-hybridized carbons (Fsp3) is 0.269. The van der Waals surface area contributed by atoms with Crippen LogP contribution in [0.4, 0.5) is 5.69 Å². The Bertz CT molecular complexity index is 1540. The highest BCUT2D eigenvalue weighted by Crippen LogP contribution is 2.33. The third-order valence-corrected chi connectivity index (χ3v) is 7.78. The van der Waals surface area contributed by atoms with Gasteiger partial charge in [-0.15, -0.1) is 0 Å². The lowest BCUT2D eigenvalue weighted by atomic mass is 10.1. The lowest BCUT2D eigenvalue weighted by molar-refractivity contribution is 0.0977. The number of fused-ring (bicyclic) bond motifs is 1. The van der Waals surface area contributed by atoms with Crippen LogP contribution >= 0.6 is 0 Å². The van der Waals surface area contributed by atoms with Crippen molar-refractivity contribution in [2.45, 2.75) is 23.8 Å². The summed E-state index contributed by atoms with van der Waals surface area (Å²) in [5.74, 6) is -0.695. The predicted molar refractivity (Wildman–Crippen MR) is 139 cm³/mol. The summed E-state index contributed by atoms with van der Waals surface area (Å²) < 4.78 is 41.2. The first-order chi connectivity index (χ1) is 17.9. The summed E-state index contributed by atoms with van der Waals surface area (Å²) in [7, 11) is -1.23. The van der Waals surface area contributed by atoms with Crippen molar-refractivity contribution < 1.29 is 22.7 Å². The number of pyridine rings is 1. The van der Waals surface area contributed by atoms with Crippen molar-refractivity contribution in [2.24, 2.45) is 0 Å². The lowest BCUT2D eigenvalue weighted by Gasteiger charge is -2.27. The highest BCUT2D eigenvalue weighted by atomic mass is 32.2. The maximum absolute atomic E-state index is 13.3. The molecule has 1 N–H and O–H groups in total. The molecule has 5 rings (SSSR count). The van der Waals surface area contributed by atoms with E-state index >= 15 is 0 Å². The van der Waals surface area contributed by atoms with E-state index in [1.54, 1.807) is 42.3 Å². The molecule has 0 radical (unpaired) electrons. The van der Waals surface area contributed by atoms with E-state index in [1.165, 1.54) is 19.2 Å². The lowest BCUT2D eigenvalue weighted by Crippen LogP contribution is -2.34. The predicted octanol–water partition coefficient (Wildman–Crippen LogP) is 3.16. The molecular formula is C26H27N5O5S. The second kappa shape index (κ2) is 10.2. The molecule has 1 aliphatic heterocycles. The molecule has 1 unspecified atom stereocenters. The second-order valence-electron chi connectivity index (χ2n) is 8.71. The maximum Gasteiger partial charge on any atom is 0.283 e. The minimum atomic E-state index is -4.27. The molecule has 1 aliphatic rings. The van der Waals surface area contributed by atoms with Crippen molar-refractivity contribution in [3.63, 3.8) is 0 Å². The van der Waals surface area contributed by atoms with Gasteiger partial charge >= 0.3 is 0 Å². The Labute approximate surface area is 214 Å². The number of benzene rings is 2. The third-order valence-electron chi connectivity index (χ3n) is 6.42. The summed E-state index contributed by atoms with van der Waals surface area (Å²) >= 11 is 0. The van der Waals surface area contributed by atoms with E-state index in [2.05, 4.69) is 19.7 Å². The number of nitrogens with one attached hydrogen (secondary N) is 1. The van der Waals surface area contributed by atoms with Gasteiger partial charge in [-0.2, -0.15) is 5.10 Å². The number of anilines is 1. The van der Waals surface area contributed by atoms with Gasteiger partial charge in [-0.1, -0.05) is 6.07 Å². The Morgan fingerprint density at radius 2 is 2.00 bits per heavy atom. The molecule has 4 aromatic rings. The number of methoxy groups -OCH3 is 2. The Hall–Kier alpha value is -3.96. The molecule has 1 atom stereocenters. The van der Waals surface area contributed by atoms with Crippen LogP contribution < -0.4 is 14.4 Å². The van der Waals surface area contributed by atoms with Crippen LogP contribution in [0.25, 0.3) is 16.6 Å². The fourth-order valence-electron chi connectivity index (χ4n) is 4.70. The monoisotopic (exact) mass is 521 g/mol. The third kappa shape index (κ3) is 4.87. The van der Waals surface area contributed by atoms with E-state index in [0.29, 0.717) is 12.1 Å². The smallest absolute Gasteiger partial charge is 0.283 e. The number of carbonyl (C=O) groups excluding carboxylic acids is 1. The first-order valence-electron chi connectivity index (χ1n) is 11.8. The number of nitrogens with zero attached hydrogens (tertiary/aromatic N) is 4. The molecular weight excluding hydrogens is 494 g/mol. The number of ether oxygens (including phenoxy) is 2. The zero-order chi connectivity index (χ0) is 26.0. The standard InChI is InChI=1S/C26H27N5O5S/c1-35-17-19-6-4-14-30(19)18-9-12-24(36-2)25(16-18)37(33,34)29-26(32)22-11-10-20-21(28-22)7-3-8-23(20)31-15-5-13-27-31/h3,5,7-13,15-16,19H,4,6,14,17H2,1-2H3,(H,29,32). The van der Waals surface area contributed by atoms with E-state index in [4.69, 9.17) is 9.47 Å². The highest BCUT2D eigenvalue weighted by Gasteiger charge is 2.29. The van der Waals surface area contributed by atoms with Crippen LogP contribution in [0.2, 0.25) is 0 Å². The minimum absolute atomic E-state index is 0.0245. The SMILES string of the molecule is COCC1CCCN1c1ccc(OC)c(S(=O)(=O)NC(=O)c2ccc3c(-n4cccn4)cccc3n2)c1. The highest BCUT2D eigenvalue weighted by molar-refractivity contribution is 7.90. The van der Waals surface area contributed by atoms with Crippen LogP contribution in [0.3, 0.4) is 0 Å². The number of carbonyl (C=O) groups is 1. The first kappa shape index (κ1) is 24.7. The Morgan fingerprint density at radius 1 is 1.14 bits per heavy atom. The van der Waals surface area contributed by atoms with Gasteiger partial charge in [0.25, 0.3) is 15.9 Å². The summed E-state index contributed by atoms with van der Waals surface area (Å²) in [4.78, 5) is 19.4. The van der Waals surface area contributed by atoms with Gasteiger partial charge in [0.15, 0.2) is 0 Å². The van der Waals surface area contributed by atoms with Gasteiger partial charge in [0.1, 0.15) is 16.3 Å². The number of sulfonamides is 1. The number of hydrogen-bond donors (Lipinski definition) is 1. The van der Waals surface area contributed by atoms with Gasteiger partial charge in [-0.25, -0.2) is 22.8 Å². The molecule has 0 aliphatic carbocycles. The van der Waals surface area contributed by atoms with Gasteiger partial charge < -0.3 is 14.4 Å². The van der Waals surface area contributed by atoms with Crippen molar-refractivity contribution in [2.75, 3.05) is 32.3 Å². The van der Waals surface area contributed by atoms with Crippen LogP contribution in [-0.2, 0) is 14.8 Å². The van der Waals surface area contributed by atoms with Crippen LogP contribution in [-0.4, -0.2) is 62.5 Å². The maximum atomic E-state index is 13.3. The fourth-order valence-corrected chi connectivity index (χ4v) is 5.85. The Balaban J connectivity index is 1.44. The molecule has 0 saturated carbocycles. The van der Waals surface area contributed by atoms with E-state index in [1.807, 2.05) is 24.4 Å². The van der Waals surface area contributed by atoms with Crippen LogP contribution in [0.1, 0.15) is 23.3 Å². The molecule has 2 aromatic heterocycles. The molecule has 1 amide bonds. The van der Waals surface area contributed by atoms with Gasteiger partial charge in [-0.05, 0) is 61.4 Å². The molecule has 1 saturated heterocycles. The molecule has 0 bridgehead atoms. The van der Waals surface area contributed by atoms with E-state index < -0.39 is 15.9 Å². The van der Waals surface area contributed by atoms with Crippen LogP contribution in [0.15, 0.2) is 71.9 Å². The Kier molecular flexibility index (Phi) is 6.81. The zero-order valence-corrected chi connectivity index (χ0v) is 21.3. The summed E-state index contributed by atoms with van der Waals surface area (Å²) in [5, 5.41) is 5.03. The first-order valence-corrected chi connectivity index (χ1v) is 13.3. The number of rotatable bonds is 8. The average molecular weight is 522 g/mol. The van der Waals surface area contributed by atoms with Crippen molar-refractivity contribution in [1.29, 1.82) is 0 Å². The summed E-state index contributed by atoms with van der Waals surface area (Å²) in [6.45, 7) is 1.33. The molecule has 3 heterocycles. The largest absolute Gasteiger partial charge is 0.495 e. The topological polar surface area (TPSA) is 116 Å². The molecule has 192 valence electrons. The van der Waals surface area contributed by atoms with Crippen molar-refractivity contribution in [3.05, 3.63) is 72.7 Å². The van der Waals surface area contributed by atoms with Gasteiger partial charge in [0.2, 0.25) is 0 Å². The molecule has 0 spiro atoms. The van der Waals surface area contributed by atoms with Gasteiger partial charge in [0, 0.05) is 37.1 Å².